The number of hydrogen-bond donors (Lipinski definition) is 1. The number of carbonyl (C=O) groups excluding carboxylic acids is 2. The minimum absolute atomic E-state index is 0.0775. The SMILES string of the molecule is CC(C)Oc1ccc(C(=O)OCC(=O)N[C@@H]2CCCC[C@@H]2C)cc1. The van der Waals surface area contributed by atoms with Crippen LogP contribution in [0.2, 0.25) is 0 Å². The van der Waals surface area contributed by atoms with E-state index < -0.39 is 5.97 Å². The maximum Gasteiger partial charge on any atom is 0.338 e. The molecule has 0 heterocycles. The van der Waals surface area contributed by atoms with Crippen molar-refractivity contribution in [3.8, 4) is 5.75 Å². The average molecular weight is 333 g/mol. The van der Waals surface area contributed by atoms with Gasteiger partial charge in [0.2, 0.25) is 0 Å². The maximum absolute atomic E-state index is 12.0. The first-order valence-electron chi connectivity index (χ1n) is 8.69. The van der Waals surface area contributed by atoms with Crippen molar-refractivity contribution in [2.45, 2.75) is 58.6 Å². The predicted octanol–water partition coefficient (Wildman–Crippen LogP) is 3.33. The molecule has 2 atom stereocenters. The van der Waals surface area contributed by atoms with E-state index in [2.05, 4.69) is 12.2 Å². The van der Waals surface area contributed by atoms with Crippen LogP contribution < -0.4 is 10.1 Å². The Labute approximate surface area is 143 Å². The summed E-state index contributed by atoms with van der Waals surface area (Å²) < 4.78 is 10.6. The molecule has 0 spiro atoms. The van der Waals surface area contributed by atoms with Crippen LogP contribution in [0.1, 0.15) is 56.8 Å². The number of esters is 1. The fourth-order valence-corrected chi connectivity index (χ4v) is 2.94. The Kier molecular flexibility index (Phi) is 6.64. The zero-order valence-electron chi connectivity index (χ0n) is 14.7. The van der Waals surface area contributed by atoms with E-state index >= 15 is 0 Å². The van der Waals surface area contributed by atoms with Gasteiger partial charge in [0.05, 0.1) is 11.7 Å². The molecule has 1 aromatic rings. The fraction of sp³-hybridized carbons (Fsp3) is 0.579. The van der Waals surface area contributed by atoms with Crippen molar-refractivity contribution in [2.24, 2.45) is 5.92 Å². The summed E-state index contributed by atoms with van der Waals surface area (Å²) in [6.07, 6.45) is 4.57. The summed E-state index contributed by atoms with van der Waals surface area (Å²) in [4.78, 5) is 24.0. The van der Waals surface area contributed by atoms with Crippen LogP contribution in [0.25, 0.3) is 0 Å². The number of amides is 1. The van der Waals surface area contributed by atoms with Gasteiger partial charge in [-0.25, -0.2) is 4.79 Å². The Bertz CT molecular complexity index is 553. The number of rotatable bonds is 6. The van der Waals surface area contributed by atoms with E-state index in [1.165, 1.54) is 6.42 Å². The van der Waals surface area contributed by atoms with Crippen LogP contribution in [-0.2, 0) is 9.53 Å². The van der Waals surface area contributed by atoms with Gasteiger partial charge in [-0.1, -0.05) is 19.8 Å². The molecule has 132 valence electrons. The van der Waals surface area contributed by atoms with Crippen LogP contribution in [0.15, 0.2) is 24.3 Å². The highest BCUT2D eigenvalue weighted by Gasteiger charge is 2.23. The van der Waals surface area contributed by atoms with Gasteiger partial charge in [0.25, 0.3) is 5.91 Å². The first-order valence-corrected chi connectivity index (χ1v) is 8.69. The summed E-state index contributed by atoms with van der Waals surface area (Å²) in [6, 6.07) is 6.92. The Morgan fingerprint density at radius 2 is 1.83 bits per heavy atom. The monoisotopic (exact) mass is 333 g/mol. The van der Waals surface area contributed by atoms with Crippen molar-refractivity contribution in [1.82, 2.24) is 5.32 Å². The molecule has 1 amide bonds. The van der Waals surface area contributed by atoms with Gasteiger partial charge in [-0.15, -0.1) is 0 Å². The van der Waals surface area contributed by atoms with Gasteiger partial charge < -0.3 is 14.8 Å². The molecule has 0 aliphatic heterocycles. The van der Waals surface area contributed by atoms with Crippen LogP contribution >= 0.6 is 0 Å². The summed E-state index contributed by atoms with van der Waals surface area (Å²) in [5.74, 6) is 0.442. The van der Waals surface area contributed by atoms with Gasteiger partial charge >= 0.3 is 5.97 Å². The summed E-state index contributed by atoms with van der Waals surface area (Å²) in [5, 5.41) is 2.97. The molecular formula is C19H27NO4. The lowest BCUT2D eigenvalue weighted by Crippen LogP contribution is -2.42. The lowest BCUT2D eigenvalue weighted by atomic mass is 9.86. The predicted molar refractivity (Wildman–Crippen MR) is 92.1 cm³/mol. The van der Waals surface area contributed by atoms with Gasteiger partial charge in [-0.05, 0) is 56.9 Å². The molecule has 1 aromatic carbocycles. The van der Waals surface area contributed by atoms with Crippen LogP contribution in [0.5, 0.6) is 5.75 Å². The van der Waals surface area contributed by atoms with E-state index in [4.69, 9.17) is 9.47 Å². The van der Waals surface area contributed by atoms with Gasteiger partial charge in [-0.3, -0.25) is 4.79 Å². The minimum atomic E-state index is -0.502. The van der Waals surface area contributed by atoms with Crippen LogP contribution in [0.4, 0.5) is 0 Å². The van der Waals surface area contributed by atoms with E-state index in [0.29, 0.717) is 17.2 Å². The summed E-state index contributed by atoms with van der Waals surface area (Å²) in [7, 11) is 0. The molecule has 0 radical (unpaired) electrons. The van der Waals surface area contributed by atoms with Crippen LogP contribution in [0.3, 0.4) is 0 Å². The van der Waals surface area contributed by atoms with E-state index in [-0.39, 0.29) is 24.7 Å². The smallest absolute Gasteiger partial charge is 0.338 e. The maximum atomic E-state index is 12.0. The molecule has 0 bridgehead atoms. The number of nitrogens with one attached hydrogen (secondary N) is 1. The molecule has 2 rings (SSSR count). The van der Waals surface area contributed by atoms with Gasteiger partial charge in [0, 0.05) is 6.04 Å². The molecule has 24 heavy (non-hydrogen) atoms. The standard InChI is InChI=1S/C19H27NO4/c1-13(2)24-16-10-8-15(9-11-16)19(22)23-12-18(21)20-17-7-5-4-6-14(17)3/h8-11,13-14,17H,4-7,12H2,1-3H3,(H,20,21)/t14-,17+/m0/s1. The molecule has 0 saturated heterocycles. The molecule has 1 saturated carbocycles. The van der Waals surface area contributed by atoms with Crippen molar-refractivity contribution in [3.63, 3.8) is 0 Å². The third-order valence-corrected chi connectivity index (χ3v) is 4.25. The lowest BCUT2D eigenvalue weighted by molar-refractivity contribution is -0.125. The summed E-state index contributed by atoms with van der Waals surface area (Å²) in [5.41, 5.74) is 0.407. The van der Waals surface area contributed by atoms with Crippen LogP contribution in [0, 0.1) is 5.92 Å². The first kappa shape index (κ1) is 18.3. The normalized spacial score (nSPS) is 20.5. The van der Waals surface area contributed by atoms with Crippen LogP contribution in [-0.4, -0.2) is 30.6 Å². The number of hydrogen-bond acceptors (Lipinski definition) is 4. The highest BCUT2D eigenvalue weighted by Crippen LogP contribution is 2.23. The zero-order valence-corrected chi connectivity index (χ0v) is 14.7. The van der Waals surface area contributed by atoms with Crippen molar-refractivity contribution in [2.75, 3.05) is 6.61 Å². The summed E-state index contributed by atoms with van der Waals surface area (Å²) in [6.45, 7) is 5.78. The van der Waals surface area contributed by atoms with E-state index in [1.54, 1.807) is 24.3 Å². The van der Waals surface area contributed by atoms with Gasteiger partial charge in [0.1, 0.15) is 5.75 Å². The Balaban J connectivity index is 1.78. The van der Waals surface area contributed by atoms with E-state index in [1.807, 2.05) is 13.8 Å². The molecule has 5 nitrogen and oxygen atoms in total. The first-order chi connectivity index (χ1) is 11.5. The van der Waals surface area contributed by atoms with Crippen molar-refractivity contribution < 1.29 is 19.1 Å². The fourth-order valence-electron chi connectivity index (χ4n) is 2.94. The molecule has 1 fully saturated rings. The second-order valence-electron chi connectivity index (χ2n) is 6.70. The van der Waals surface area contributed by atoms with Crippen molar-refractivity contribution >= 4 is 11.9 Å². The molecule has 1 N–H and O–H groups in total. The van der Waals surface area contributed by atoms with Crippen molar-refractivity contribution in [1.29, 1.82) is 0 Å². The van der Waals surface area contributed by atoms with E-state index in [0.717, 1.165) is 19.3 Å². The molecule has 1 aliphatic carbocycles. The Morgan fingerprint density at radius 1 is 1.17 bits per heavy atom. The third kappa shape index (κ3) is 5.55. The molecule has 5 heteroatoms. The Morgan fingerprint density at radius 3 is 2.46 bits per heavy atom. The van der Waals surface area contributed by atoms with Gasteiger partial charge in [0.15, 0.2) is 6.61 Å². The summed E-state index contributed by atoms with van der Waals surface area (Å²) >= 11 is 0. The number of benzene rings is 1. The number of carbonyl (C=O) groups is 2. The third-order valence-electron chi connectivity index (χ3n) is 4.25. The van der Waals surface area contributed by atoms with Gasteiger partial charge in [-0.2, -0.15) is 0 Å². The highest BCUT2D eigenvalue weighted by atomic mass is 16.5. The lowest BCUT2D eigenvalue weighted by Gasteiger charge is -2.29. The second-order valence-corrected chi connectivity index (χ2v) is 6.70. The minimum Gasteiger partial charge on any atom is -0.491 e. The van der Waals surface area contributed by atoms with Crippen molar-refractivity contribution in [3.05, 3.63) is 29.8 Å². The average Bonchev–Trinajstić information content (AvgIpc) is 2.55. The molecule has 1 aliphatic rings. The Hall–Kier alpha value is -2.04. The zero-order chi connectivity index (χ0) is 17.5. The molecule has 0 aromatic heterocycles. The van der Waals surface area contributed by atoms with E-state index in [9.17, 15) is 9.59 Å². The largest absolute Gasteiger partial charge is 0.491 e. The quantitative estimate of drug-likeness (QED) is 0.811. The molecular weight excluding hydrogens is 306 g/mol. The molecule has 0 unspecified atom stereocenters. The number of ether oxygens (including phenoxy) is 2. The second kappa shape index (κ2) is 8.71. The topological polar surface area (TPSA) is 64.6 Å². The highest BCUT2D eigenvalue weighted by molar-refractivity contribution is 5.91.